The Morgan fingerprint density at radius 2 is 1.59 bits per heavy atom. The SMILES string of the molecule is CCc1nc2cc(F)ccn2c1C(=O)NCc1ccc(N2CCN(c3ccccc3)CC2)cc1. The van der Waals surface area contributed by atoms with Gasteiger partial charge in [0.2, 0.25) is 0 Å². The third-order valence-electron chi connectivity index (χ3n) is 6.37. The first-order valence-electron chi connectivity index (χ1n) is 11.7. The molecular weight excluding hydrogens is 429 g/mol. The first kappa shape index (κ1) is 21.9. The predicted molar refractivity (Wildman–Crippen MR) is 133 cm³/mol. The van der Waals surface area contributed by atoms with Crippen LogP contribution in [0, 0.1) is 5.82 Å². The number of pyridine rings is 1. The number of carbonyl (C=O) groups is 1. The summed E-state index contributed by atoms with van der Waals surface area (Å²) in [6.07, 6.45) is 2.15. The molecule has 0 atom stereocenters. The molecule has 1 N–H and O–H groups in total. The van der Waals surface area contributed by atoms with Crippen LogP contribution < -0.4 is 15.1 Å². The molecule has 0 saturated carbocycles. The Hall–Kier alpha value is -3.87. The van der Waals surface area contributed by atoms with E-state index < -0.39 is 0 Å². The Balaban J connectivity index is 1.20. The van der Waals surface area contributed by atoms with Gasteiger partial charge in [-0.15, -0.1) is 0 Å². The van der Waals surface area contributed by atoms with Crippen LogP contribution in [0.15, 0.2) is 72.9 Å². The van der Waals surface area contributed by atoms with Crippen LogP contribution in [-0.4, -0.2) is 41.5 Å². The van der Waals surface area contributed by atoms with Gasteiger partial charge in [-0.25, -0.2) is 9.37 Å². The average Bonchev–Trinajstić information content (AvgIpc) is 3.26. The molecule has 1 fully saturated rings. The minimum atomic E-state index is -0.367. The maximum atomic E-state index is 13.6. The normalized spacial score (nSPS) is 13.9. The summed E-state index contributed by atoms with van der Waals surface area (Å²) in [5, 5.41) is 2.99. The van der Waals surface area contributed by atoms with Crippen molar-refractivity contribution in [3.8, 4) is 0 Å². The Morgan fingerprint density at radius 1 is 0.941 bits per heavy atom. The molecule has 34 heavy (non-hydrogen) atoms. The van der Waals surface area contributed by atoms with Crippen LogP contribution in [0.3, 0.4) is 0 Å². The summed E-state index contributed by atoms with van der Waals surface area (Å²) in [5.41, 5.74) is 5.06. The number of halogens is 1. The van der Waals surface area contributed by atoms with Gasteiger partial charge in [0, 0.05) is 56.4 Å². The Labute approximate surface area is 198 Å². The number of para-hydroxylation sites is 1. The number of imidazole rings is 1. The quantitative estimate of drug-likeness (QED) is 0.469. The van der Waals surface area contributed by atoms with Crippen molar-refractivity contribution < 1.29 is 9.18 Å². The van der Waals surface area contributed by atoms with E-state index in [-0.39, 0.29) is 11.7 Å². The van der Waals surface area contributed by atoms with Crippen LogP contribution >= 0.6 is 0 Å². The molecule has 4 aromatic rings. The third-order valence-corrected chi connectivity index (χ3v) is 6.37. The van der Waals surface area contributed by atoms with Gasteiger partial charge in [0.15, 0.2) is 0 Å². The number of nitrogens with one attached hydrogen (secondary N) is 1. The van der Waals surface area contributed by atoms with E-state index in [2.05, 4.69) is 68.6 Å². The number of carbonyl (C=O) groups excluding carboxylic acids is 1. The Kier molecular flexibility index (Phi) is 6.16. The molecule has 1 aliphatic rings. The number of hydrogen-bond donors (Lipinski definition) is 1. The molecule has 0 unspecified atom stereocenters. The van der Waals surface area contributed by atoms with E-state index in [1.54, 1.807) is 10.6 Å². The number of aromatic nitrogens is 2. The second-order valence-electron chi connectivity index (χ2n) is 8.49. The summed E-state index contributed by atoms with van der Waals surface area (Å²) < 4.78 is 15.2. The number of nitrogens with zero attached hydrogens (tertiary/aromatic N) is 4. The van der Waals surface area contributed by atoms with Crippen molar-refractivity contribution in [2.45, 2.75) is 19.9 Å². The van der Waals surface area contributed by atoms with Crippen LogP contribution in [0.5, 0.6) is 0 Å². The second kappa shape index (κ2) is 9.55. The van der Waals surface area contributed by atoms with Crippen molar-refractivity contribution in [2.24, 2.45) is 0 Å². The number of piperazine rings is 1. The molecule has 2 aromatic carbocycles. The highest BCUT2D eigenvalue weighted by atomic mass is 19.1. The van der Waals surface area contributed by atoms with Crippen molar-refractivity contribution in [2.75, 3.05) is 36.0 Å². The molecule has 6 nitrogen and oxygen atoms in total. The molecule has 0 spiro atoms. The van der Waals surface area contributed by atoms with Crippen LogP contribution in [0.1, 0.15) is 28.7 Å². The molecular formula is C27H28FN5O. The highest BCUT2D eigenvalue weighted by molar-refractivity contribution is 5.94. The van der Waals surface area contributed by atoms with E-state index in [0.717, 1.165) is 31.7 Å². The summed E-state index contributed by atoms with van der Waals surface area (Å²) in [7, 11) is 0. The molecule has 0 radical (unpaired) electrons. The third kappa shape index (κ3) is 4.46. The van der Waals surface area contributed by atoms with Crippen LogP contribution in [0.25, 0.3) is 5.65 Å². The molecule has 0 bridgehead atoms. The summed E-state index contributed by atoms with van der Waals surface area (Å²) in [5.74, 6) is -0.578. The maximum Gasteiger partial charge on any atom is 0.270 e. The zero-order chi connectivity index (χ0) is 23.5. The van der Waals surface area contributed by atoms with E-state index in [1.807, 2.05) is 13.0 Å². The number of hydrogen-bond acceptors (Lipinski definition) is 4. The van der Waals surface area contributed by atoms with E-state index in [4.69, 9.17) is 0 Å². The Bertz CT molecular complexity index is 1280. The van der Waals surface area contributed by atoms with Gasteiger partial charge in [0.05, 0.1) is 5.69 Å². The van der Waals surface area contributed by atoms with Crippen molar-refractivity contribution >= 4 is 22.9 Å². The van der Waals surface area contributed by atoms with E-state index in [1.165, 1.54) is 23.5 Å². The van der Waals surface area contributed by atoms with Gasteiger partial charge in [-0.3, -0.25) is 9.20 Å². The monoisotopic (exact) mass is 457 g/mol. The summed E-state index contributed by atoms with van der Waals surface area (Å²) in [6, 6.07) is 21.6. The van der Waals surface area contributed by atoms with Gasteiger partial charge in [0.25, 0.3) is 5.91 Å². The fraction of sp³-hybridized carbons (Fsp3) is 0.259. The van der Waals surface area contributed by atoms with Crippen LogP contribution in [0.2, 0.25) is 0 Å². The zero-order valence-electron chi connectivity index (χ0n) is 19.2. The first-order chi connectivity index (χ1) is 16.6. The van der Waals surface area contributed by atoms with Crippen LogP contribution in [-0.2, 0) is 13.0 Å². The number of fused-ring (bicyclic) bond motifs is 1. The molecule has 1 amide bonds. The maximum absolute atomic E-state index is 13.6. The van der Waals surface area contributed by atoms with Crippen molar-refractivity contribution in [3.63, 3.8) is 0 Å². The minimum Gasteiger partial charge on any atom is -0.368 e. The molecule has 1 aliphatic heterocycles. The minimum absolute atomic E-state index is 0.211. The lowest BCUT2D eigenvalue weighted by atomic mass is 10.1. The zero-order valence-corrected chi connectivity index (χ0v) is 19.2. The number of benzene rings is 2. The summed E-state index contributed by atoms with van der Waals surface area (Å²) in [4.78, 5) is 22.2. The highest BCUT2D eigenvalue weighted by Gasteiger charge is 2.19. The van der Waals surface area contributed by atoms with Crippen molar-refractivity contribution in [1.82, 2.24) is 14.7 Å². The lowest BCUT2D eigenvalue weighted by Crippen LogP contribution is -2.46. The molecule has 174 valence electrons. The lowest BCUT2D eigenvalue weighted by Gasteiger charge is -2.37. The number of rotatable bonds is 6. The van der Waals surface area contributed by atoms with Gasteiger partial charge in [0.1, 0.15) is 17.2 Å². The van der Waals surface area contributed by atoms with Gasteiger partial charge in [-0.2, -0.15) is 0 Å². The highest BCUT2D eigenvalue weighted by Crippen LogP contribution is 2.21. The summed E-state index contributed by atoms with van der Waals surface area (Å²) in [6.45, 7) is 6.28. The smallest absolute Gasteiger partial charge is 0.270 e. The number of aryl methyl sites for hydroxylation is 1. The predicted octanol–water partition coefficient (Wildman–Crippen LogP) is 4.29. The largest absolute Gasteiger partial charge is 0.368 e. The average molecular weight is 458 g/mol. The van der Waals surface area contributed by atoms with Crippen molar-refractivity contribution in [1.29, 1.82) is 0 Å². The van der Waals surface area contributed by atoms with Gasteiger partial charge >= 0.3 is 0 Å². The molecule has 2 aromatic heterocycles. The lowest BCUT2D eigenvalue weighted by molar-refractivity contribution is 0.0944. The standard InChI is InChI=1S/C27H28FN5O/c1-2-24-26(33-13-12-21(28)18-25(33)30-24)27(34)29-19-20-8-10-23(11-9-20)32-16-14-31(15-17-32)22-6-4-3-5-7-22/h3-13,18H,2,14-17,19H2,1H3,(H,29,34). The number of anilines is 2. The van der Waals surface area contributed by atoms with Gasteiger partial charge < -0.3 is 15.1 Å². The van der Waals surface area contributed by atoms with E-state index in [0.29, 0.717) is 30.0 Å². The first-order valence-corrected chi connectivity index (χ1v) is 11.7. The molecule has 3 heterocycles. The Morgan fingerprint density at radius 3 is 2.24 bits per heavy atom. The van der Waals surface area contributed by atoms with Crippen LogP contribution in [0.4, 0.5) is 15.8 Å². The molecule has 5 rings (SSSR count). The van der Waals surface area contributed by atoms with Gasteiger partial charge in [-0.05, 0) is 42.3 Å². The summed E-state index contributed by atoms with van der Waals surface area (Å²) >= 11 is 0. The van der Waals surface area contributed by atoms with E-state index >= 15 is 0 Å². The fourth-order valence-corrected chi connectivity index (χ4v) is 4.51. The van der Waals surface area contributed by atoms with Gasteiger partial charge in [-0.1, -0.05) is 37.3 Å². The molecule has 1 saturated heterocycles. The van der Waals surface area contributed by atoms with Crippen molar-refractivity contribution in [3.05, 3.63) is 95.7 Å². The molecule has 7 heteroatoms. The second-order valence-corrected chi connectivity index (χ2v) is 8.49. The number of amides is 1. The molecule has 0 aliphatic carbocycles. The fourth-order valence-electron chi connectivity index (χ4n) is 4.51. The topological polar surface area (TPSA) is 52.9 Å². The van der Waals surface area contributed by atoms with E-state index in [9.17, 15) is 9.18 Å².